The molecule has 0 radical (unpaired) electrons. The minimum Gasteiger partial charge on any atom is -0.423 e. The van der Waals surface area contributed by atoms with E-state index in [4.69, 9.17) is 4.74 Å². The maximum Gasteiger partial charge on any atom is 0.343 e. The van der Waals surface area contributed by atoms with E-state index >= 15 is 0 Å². The Bertz CT molecular complexity index is 1250. The lowest BCUT2D eigenvalue weighted by Gasteiger charge is -2.28. The highest BCUT2D eigenvalue weighted by molar-refractivity contribution is 6.22. The summed E-state index contributed by atoms with van der Waals surface area (Å²) in [6, 6.07) is 22.4. The Morgan fingerprint density at radius 2 is 1.53 bits per heavy atom. The molecule has 5 nitrogen and oxygen atoms in total. The second-order valence-corrected chi connectivity index (χ2v) is 9.41. The Kier molecular flexibility index (Phi) is 5.78. The van der Waals surface area contributed by atoms with Crippen LogP contribution >= 0.6 is 0 Å². The average Bonchev–Trinajstić information content (AvgIpc) is 3.08. The van der Waals surface area contributed by atoms with Crippen molar-refractivity contribution in [3.63, 3.8) is 0 Å². The van der Waals surface area contributed by atoms with Gasteiger partial charge in [0.2, 0.25) is 11.8 Å². The number of rotatable bonds is 4. The average molecular weight is 454 g/mol. The van der Waals surface area contributed by atoms with Crippen LogP contribution in [0.15, 0.2) is 72.8 Å². The molecular weight excluding hydrogens is 426 g/mol. The molecule has 3 aromatic rings. The van der Waals surface area contributed by atoms with Gasteiger partial charge in [-0.1, -0.05) is 42.5 Å². The molecule has 1 aliphatic carbocycles. The molecule has 5 heteroatoms. The van der Waals surface area contributed by atoms with E-state index in [1.165, 1.54) is 10.5 Å². The highest BCUT2D eigenvalue weighted by Gasteiger charge is 2.50. The van der Waals surface area contributed by atoms with Gasteiger partial charge in [0.1, 0.15) is 5.75 Å². The molecule has 3 aromatic carbocycles. The highest BCUT2D eigenvalue weighted by Crippen LogP contribution is 2.45. The van der Waals surface area contributed by atoms with Crippen LogP contribution in [0.25, 0.3) is 0 Å². The molecule has 1 heterocycles. The first kappa shape index (κ1) is 22.1. The van der Waals surface area contributed by atoms with Crippen LogP contribution in [-0.2, 0) is 9.59 Å². The Labute approximate surface area is 199 Å². The van der Waals surface area contributed by atoms with Gasteiger partial charge < -0.3 is 4.74 Å². The smallest absolute Gasteiger partial charge is 0.343 e. The summed E-state index contributed by atoms with van der Waals surface area (Å²) in [7, 11) is 0. The third-order valence-electron chi connectivity index (χ3n) is 6.94. The van der Waals surface area contributed by atoms with Crippen molar-refractivity contribution < 1.29 is 19.1 Å². The van der Waals surface area contributed by atoms with Gasteiger partial charge in [-0.15, -0.1) is 0 Å². The number of imide groups is 1. The van der Waals surface area contributed by atoms with Gasteiger partial charge >= 0.3 is 5.97 Å². The number of nitrogens with zero attached hydrogens (tertiary/aromatic N) is 1. The SMILES string of the molecule is Cc1cc(C)cc(OC(=O)c2cccc(N3C(=O)[C@@H]4CC[C@@H](c5ccccc5)C[C@H]4C3=O)c2)c1. The maximum absolute atomic E-state index is 13.4. The van der Waals surface area contributed by atoms with E-state index < -0.39 is 5.97 Å². The zero-order valence-corrected chi connectivity index (χ0v) is 19.4. The summed E-state index contributed by atoms with van der Waals surface area (Å²) >= 11 is 0. The van der Waals surface area contributed by atoms with E-state index in [0.717, 1.165) is 17.5 Å². The molecule has 1 saturated carbocycles. The number of aryl methyl sites for hydroxylation is 2. The van der Waals surface area contributed by atoms with Crippen molar-refractivity contribution in [2.45, 2.75) is 39.0 Å². The fraction of sp³-hybridized carbons (Fsp3) is 0.276. The number of anilines is 1. The molecular formula is C29H27NO4. The third-order valence-corrected chi connectivity index (χ3v) is 6.94. The zero-order valence-electron chi connectivity index (χ0n) is 19.4. The normalized spacial score (nSPS) is 21.9. The molecule has 0 spiro atoms. The zero-order chi connectivity index (χ0) is 23.8. The lowest BCUT2D eigenvalue weighted by Crippen LogP contribution is -2.31. The number of fused-ring (bicyclic) bond motifs is 1. The molecule has 1 aliphatic heterocycles. The van der Waals surface area contributed by atoms with E-state index in [9.17, 15) is 14.4 Å². The quantitative estimate of drug-likeness (QED) is 0.293. The largest absolute Gasteiger partial charge is 0.423 e. The van der Waals surface area contributed by atoms with Crippen molar-refractivity contribution in [2.75, 3.05) is 4.90 Å². The van der Waals surface area contributed by atoms with E-state index in [2.05, 4.69) is 12.1 Å². The summed E-state index contributed by atoms with van der Waals surface area (Å²) in [4.78, 5) is 40.7. The van der Waals surface area contributed by atoms with E-state index in [0.29, 0.717) is 29.8 Å². The molecule has 34 heavy (non-hydrogen) atoms. The lowest BCUT2D eigenvalue weighted by atomic mass is 9.73. The van der Waals surface area contributed by atoms with Crippen molar-refractivity contribution in [3.8, 4) is 5.75 Å². The van der Waals surface area contributed by atoms with Crippen LogP contribution in [0.4, 0.5) is 5.69 Å². The predicted octanol–water partition coefficient (Wildman–Crippen LogP) is 5.60. The predicted molar refractivity (Wildman–Crippen MR) is 130 cm³/mol. The molecule has 5 rings (SSSR count). The lowest BCUT2D eigenvalue weighted by molar-refractivity contribution is -0.122. The summed E-state index contributed by atoms with van der Waals surface area (Å²) in [6.45, 7) is 3.88. The molecule has 2 fully saturated rings. The third kappa shape index (κ3) is 4.14. The van der Waals surface area contributed by atoms with Crippen molar-refractivity contribution >= 4 is 23.5 Å². The van der Waals surface area contributed by atoms with Crippen LogP contribution in [0.5, 0.6) is 5.75 Å². The van der Waals surface area contributed by atoms with Crippen LogP contribution in [0.1, 0.15) is 52.2 Å². The number of ether oxygens (including phenoxy) is 1. The topological polar surface area (TPSA) is 63.7 Å². The van der Waals surface area contributed by atoms with Crippen LogP contribution in [0.2, 0.25) is 0 Å². The Balaban J connectivity index is 1.36. The minimum atomic E-state index is -0.521. The van der Waals surface area contributed by atoms with Gasteiger partial charge in [-0.05, 0) is 86.1 Å². The number of hydrogen-bond donors (Lipinski definition) is 0. The second-order valence-electron chi connectivity index (χ2n) is 9.41. The molecule has 0 unspecified atom stereocenters. The highest BCUT2D eigenvalue weighted by atomic mass is 16.5. The second kappa shape index (κ2) is 8.90. The number of carbonyl (C=O) groups is 3. The number of hydrogen-bond acceptors (Lipinski definition) is 4. The summed E-state index contributed by atoms with van der Waals surface area (Å²) in [5.74, 6) is -0.725. The van der Waals surface area contributed by atoms with Crippen molar-refractivity contribution in [1.29, 1.82) is 0 Å². The van der Waals surface area contributed by atoms with Gasteiger partial charge in [0.05, 0.1) is 23.1 Å². The van der Waals surface area contributed by atoms with E-state index in [-0.39, 0.29) is 29.6 Å². The molecule has 0 aromatic heterocycles. The maximum atomic E-state index is 13.4. The van der Waals surface area contributed by atoms with E-state index in [1.807, 2.05) is 38.1 Å². The Morgan fingerprint density at radius 1 is 0.824 bits per heavy atom. The summed E-state index contributed by atoms with van der Waals surface area (Å²) in [5.41, 5.74) is 3.95. The summed E-state index contributed by atoms with van der Waals surface area (Å²) in [5, 5.41) is 0. The number of benzene rings is 3. The molecule has 0 bridgehead atoms. The first-order chi connectivity index (χ1) is 16.4. The number of carbonyl (C=O) groups excluding carboxylic acids is 3. The fourth-order valence-corrected chi connectivity index (χ4v) is 5.39. The van der Waals surface area contributed by atoms with Gasteiger partial charge in [0.25, 0.3) is 0 Å². The molecule has 1 saturated heterocycles. The molecule has 2 aliphatic rings. The van der Waals surface area contributed by atoms with Gasteiger partial charge in [-0.25, -0.2) is 4.79 Å². The monoisotopic (exact) mass is 453 g/mol. The van der Waals surface area contributed by atoms with Crippen LogP contribution in [-0.4, -0.2) is 17.8 Å². The van der Waals surface area contributed by atoms with Crippen LogP contribution in [0.3, 0.4) is 0 Å². The minimum absolute atomic E-state index is 0.165. The summed E-state index contributed by atoms with van der Waals surface area (Å²) in [6.07, 6.45) is 2.25. The van der Waals surface area contributed by atoms with Gasteiger partial charge in [0, 0.05) is 0 Å². The van der Waals surface area contributed by atoms with Crippen molar-refractivity contribution in [1.82, 2.24) is 0 Å². The first-order valence-corrected chi connectivity index (χ1v) is 11.7. The standard InChI is InChI=1S/C29H27NO4/c1-18-13-19(2)15-24(14-18)34-29(33)22-9-6-10-23(16-22)30-27(31)25-12-11-21(17-26(25)28(30)32)20-7-4-3-5-8-20/h3-10,13-16,21,25-26H,11-12,17H2,1-2H3/t21-,25-,26-/m1/s1. The van der Waals surface area contributed by atoms with Crippen LogP contribution in [0, 0.1) is 25.7 Å². The summed E-state index contributed by atoms with van der Waals surface area (Å²) < 4.78 is 5.56. The number of amides is 2. The Morgan fingerprint density at radius 3 is 2.26 bits per heavy atom. The number of esters is 1. The molecule has 172 valence electrons. The Hall–Kier alpha value is -3.73. The van der Waals surface area contributed by atoms with Gasteiger partial charge in [-0.2, -0.15) is 0 Å². The van der Waals surface area contributed by atoms with Crippen molar-refractivity contribution in [3.05, 3.63) is 95.1 Å². The molecule has 2 amide bonds. The van der Waals surface area contributed by atoms with Gasteiger partial charge in [0.15, 0.2) is 0 Å². The molecule has 0 N–H and O–H groups in total. The fourth-order valence-electron chi connectivity index (χ4n) is 5.39. The molecule has 3 atom stereocenters. The van der Waals surface area contributed by atoms with Gasteiger partial charge in [-0.3, -0.25) is 14.5 Å². The first-order valence-electron chi connectivity index (χ1n) is 11.7. The van der Waals surface area contributed by atoms with Crippen LogP contribution < -0.4 is 9.64 Å². The van der Waals surface area contributed by atoms with E-state index in [1.54, 1.807) is 36.4 Å². The van der Waals surface area contributed by atoms with Crippen molar-refractivity contribution in [2.24, 2.45) is 11.8 Å².